The Hall–Kier alpha value is -2.69. The van der Waals surface area contributed by atoms with Crippen molar-refractivity contribution in [2.24, 2.45) is 5.92 Å². The van der Waals surface area contributed by atoms with Crippen LogP contribution in [0.5, 0.6) is 0 Å². The molecule has 1 aliphatic rings. The number of hydrogen-bond acceptors (Lipinski definition) is 2. The average molecular weight is 354 g/mol. The van der Waals surface area contributed by atoms with Gasteiger partial charge in [0.25, 0.3) is 0 Å². The fourth-order valence-corrected chi connectivity index (χ4v) is 3.11. The van der Waals surface area contributed by atoms with Gasteiger partial charge in [-0.1, -0.05) is 38.1 Å². The molecule has 0 radical (unpaired) electrons. The number of carbonyl (C=O) groups excluding carboxylic acids is 2. The van der Waals surface area contributed by atoms with Gasteiger partial charge in [-0.2, -0.15) is 0 Å². The third kappa shape index (κ3) is 4.10. The van der Waals surface area contributed by atoms with Crippen LogP contribution in [0.2, 0.25) is 0 Å². The second-order valence-corrected chi connectivity index (χ2v) is 7.00. The van der Waals surface area contributed by atoms with E-state index >= 15 is 0 Å². The highest BCUT2D eigenvalue weighted by Crippen LogP contribution is 2.25. The van der Waals surface area contributed by atoms with Crippen molar-refractivity contribution in [3.05, 3.63) is 65.5 Å². The van der Waals surface area contributed by atoms with E-state index in [1.54, 1.807) is 17.0 Å². The Morgan fingerprint density at radius 2 is 1.81 bits per heavy atom. The maximum absolute atomic E-state index is 13.0. The Bertz CT molecular complexity index is 785. The zero-order chi connectivity index (χ0) is 18.7. The van der Waals surface area contributed by atoms with Gasteiger partial charge in [-0.25, -0.2) is 4.39 Å². The second-order valence-electron chi connectivity index (χ2n) is 7.00. The van der Waals surface area contributed by atoms with E-state index < -0.39 is 0 Å². The van der Waals surface area contributed by atoms with Crippen molar-refractivity contribution in [1.82, 2.24) is 5.32 Å². The summed E-state index contributed by atoms with van der Waals surface area (Å²) < 4.78 is 13.0. The quantitative estimate of drug-likeness (QED) is 0.892. The summed E-state index contributed by atoms with van der Waals surface area (Å²) in [6.07, 6.45) is 0.176. The summed E-state index contributed by atoms with van der Waals surface area (Å²) in [5.74, 6) is -0.504. The Morgan fingerprint density at radius 3 is 2.42 bits per heavy atom. The van der Waals surface area contributed by atoms with Crippen molar-refractivity contribution in [1.29, 1.82) is 0 Å². The summed E-state index contributed by atoms with van der Waals surface area (Å²) in [4.78, 5) is 26.2. The molecule has 0 aromatic heterocycles. The second kappa shape index (κ2) is 7.68. The normalized spacial score (nSPS) is 17.0. The maximum Gasteiger partial charge on any atom is 0.227 e. The predicted octanol–water partition coefficient (Wildman–Crippen LogP) is 3.62. The molecule has 1 saturated heterocycles. The number of hydrogen-bond donors (Lipinski definition) is 1. The lowest BCUT2D eigenvalue weighted by Gasteiger charge is -2.16. The van der Waals surface area contributed by atoms with Gasteiger partial charge in [-0.3, -0.25) is 9.59 Å². The highest BCUT2D eigenvalue weighted by atomic mass is 19.1. The summed E-state index contributed by atoms with van der Waals surface area (Å²) >= 11 is 0. The Labute approximate surface area is 153 Å². The first-order valence-electron chi connectivity index (χ1n) is 8.86. The van der Waals surface area contributed by atoms with Crippen LogP contribution in [0.3, 0.4) is 0 Å². The van der Waals surface area contributed by atoms with Gasteiger partial charge in [0.15, 0.2) is 0 Å². The standard InChI is InChI=1S/C21H23FN2O2/c1-14(2)16-5-3-15(4-6-16)12-23-21(26)17-11-20(25)24(13-17)19-9-7-18(22)8-10-19/h3-10,14,17H,11-13H2,1-2H3,(H,23,26)/t17-/m0/s1. The van der Waals surface area contributed by atoms with E-state index in [2.05, 4.69) is 31.3 Å². The number of nitrogens with zero attached hydrogens (tertiary/aromatic N) is 1. The molecule has 5 heteroatoms. The molecule has 0 bridgehead atoms. The van der Waals surface area contributed by atoms with Crippen molar-refractivity contribution in [3.8, 4) is 0 Å². The Kier molecular flexibility index (Phi) is 5.35. The van der Waals surface area contributed by atoms with E-state index in [4.69, 9.17) is 0 Å². The van der Waals surface area contributed by atoms with E-state index in [0.29, 0.717) is 24.7 Å². The SMILES string of the molecule is CC(C)c1ccc(CNC(=O)[C@H]2CC(=O)N(c3ccc(F)cc3)C2)cc1. The van der Waals surface area contributed by atoms with Gasteiger partial charge in [-0.15, -0.1) is 0 Å². The van der Waals surface area contributed by atoms with E-state index in [9.17, 15) is 14.0 Å². The molecule has 0 spiro atoms. The van der Waals surface area contributed by atoms with E-state index in [0.717, 1.165) is 5.56 Å². The van der Waals surface area contributed by atoms with E-state index in [1.807, 2.05) is 12.1 Å². The average Bonchev–Trinajstić information content (AvgIpc) is 3.02. The number of carbonyl (C=O) groups is 2. The number of nitrogens with one attached hydrogen (secondary N) is 1. The number of halogens is 1. The summed E-state index contributed by atoms with van der Waals surface area (Å²) in [5.41, 5.74) is 2.91. The van der Waals surface area contributed by atoms with Crippen LogP contribution in [0.4, 0.5) is 10.1 Å². The molecule has 0 unspecified atom stereocenters. The first kappa shape index (κ1) is 18.1. The van der Waals surface area contributed by atoms with Crippen LogP contribution in [0.25, 0.3) is 0 Å². The van der Waals surface area contributed by atoms with Crippen molar-refractivity contribution >= 4 is 17.5 Å². The van der Waals surface area contributed by atoms with Crippen LogP contribution in [0.1, 0.15) is 37.3 Å². The first-order chi connectivity index (χ1) is 12.4. The van der Waals surface area contributed by atoms with Gasteiger partial charge in [0.1, 0.15) is 5.82 Å². The van der Waals surface area contributed by atoms with Crippen LogP contribution < -0.4 is 10.2 Å². The molecule has 0 aliphatic carbocycles. The molecular weight excluding hydrogens is 331 g/mol. The molecule has 0 saturated carbocycles. The molecule has 3 rings (SSSR count). The van der Waals surface area contributed by atoms with Gasteiger partial charge in [0.05, 0.1) is 5.92 Å². The van der Waals surface area contributed by atoms with Crippen LogP contribution in [-0.4, -0.2) is 18.4 Å². The minimum atomic E-state index is -0.387. The van der Waals surface area contributed by atoms with Gasteiger partial charge in [0, 0.05) is 25.2 Å². The molecule has 4 nitrogen and oxygen atoms in total. The van der Waals surface area contributed by atoms with Crippen molar-refractivity contribution < 1.29 is 14.0 Å². The summed E-state index contributed by atoms with van der Waals surface area (Å²) in [7, 11) is 0. The molecule has 1 N–H and O–H groups in total. The number of amides is 2. The molecule has 1 atom stereocenters. The molecular formula is C21H23FN2O2. The van der Waals surface area contributed by atoms with Crippen LogP contribution in [-0.2, 0) is 16.1 Å². The van der Waals surface area contributed by atoms with Gasteiger partial charge < -0.3 is 10.2 Å². The fraction of sp³-hybridized carbons (Fsp3) is 0.333. The number of benzene rings is 2. The third-order valence-electron chi connectivity index (χ3n) is 4.75. The third-order valence-corrected chi connectivity index (χ3v) is 4.75. The number of rotatable bonds is 5. The largest absolute Gasteiger partial charge is 0.352 e. The van der Waals surface area contributed by atoms with E-state index in [-0.39, 0.29) is 30.0 Å². The summed E-state index contributed by atoms with van der Waals surface area (Å²) in [6.45, 7) is 5.04. The highest BCUT2D eigenvalue weighted by molar-refractivity contribution is 6.00. The van der Waals surface area contributed by atoms with Gasteiger partial charge in [-0.05, 0) is 41.3 Å². The van der Waals surface area contributed by atoms with Gasteiger partial charge >= 0.3 is 0 Å². The summed E-state index contributed by atoms with van der Waals surface area (Å²) in [6, 6.07) is 13.9. The Morgan fingerprint density at radius 1 is 1.15 bits per heavy atom. The lowest BCUT2D eigenvalue weighted by molar-refractivity contribution is -0.126. The molecule has 1 fully saturated rings. The topological polar surface area (TPSA) is 49.4 Å². The lowest BCUT2D eigenvalue weighted by atomic mass is 10.0. The van der Waals surface area contributed by atoms with Crippen LogP contribution in [0.15, 0.2) is 48.5 Å². The molecule has 2 amide bonds. The smallest absolute Gasteiger partial charge is 0.227 e. The zero-order valence-electron chi connectivity index (χ0n) is 15.0. The molecule has 1 aliphatic heterocycles. The minimum Gasteiger partial charge on any atom is -0.352 e. The maximum atomic E-state index is 13.0. The molecule has 1 heterocycles. The minimum absolute atomic E-state index is 0.113. The Balaban J connectivity index is 1.57. The zero-order valence-corrected chi connectivity index (χ0v) is 15.0. The first-order valence-corrected chi connectivity index (χ1v) is 8.86. The van der Waals surface area contributed by atoms with Crippen molar-refractivity contribution in [3.63, 3.8) is 0 Å². The van der Waals surface area contributed by atoms with Crippen molar-refractivity contribution in [2.75, 3.05) is 11.4 Å². The van der Waals surface area contributed by atoms with Crippen LogP contribution in [0, 0.1) is 11.7 Å². The lowest BCUT2D eigenvalue weighted by Crippen LogP contribution is -2.32. The summed E-state index contributed by atoms with van der Waals surface area (Å²) in [5, 5.41) is 2.91. The molecule has 26 heavy (non-hydrogen) atoms. The molecule has 136 valence electrons. The van der Waals surface area contributed by atoms with Crippen LogP contribution >= 0.6 is 0 Å². The highest BCUT2D eigenvalue weighted by Gasteiger charge is 2.34. The predicted molar refractivity (Wildman–Crippen MR) is 99.2 cm³/mol. The number of anilines is 1. The monoisotopic (exact) mass is 354 g/mol. The van der Waals surface area contributed by atoms with Crippen molar-refractivity contribution in [2.45, 2.75) is 32.7 Å². The molecule has 2 aromatic rings. The molecule has 2 aromatic carbocycles. The van der Waals surface area contributed by atoms with E-state index in [1.165, 1.54) is 17.7 Å². The fourth-order valence-electron chi connectivity index (χ4n) is 3.11. The van der Waals surface area contributed by atoms with Gasteiger partial charge in [0.2, 0.25) is 11.8 Å².